The van der Waals surface area contributed by atoms with Crippen molar-refractivity contribution in [2.24, 2.45) is 0 Å². The summed E-state index contributed by atoms with van der Waals surface area (Å²) in [6.45, 7) is 0.551. The lowest BCUT2D eigenvalue weighted by Gasteiger charge is -2.15. The molecule has 7 heteroatoms. The van der Waals surface area contributed by atoms with E-state index in [2.05, 4.69) is 10.3 Å². The van der Waals surface area contributed by atoms with Gasteiger partial charge >= 0.3 is 0 Å². The summed E-state index contributed by atoms with van der Waals surface area (Å²) < 4.78 is 14.9. The van der Waals surface area contributed by atoms with Crippen LogP contribution in [-0.2, 0) is 24.3 Å². The van der Waals surface area contributed by atoms with Crippen molar-refractivity contribution in [1.29, 1.82) is 0 Å². The van der Waals surface area contributed by atoms with Crippen LogP contribution in [0.1, 0.15) is 23.1 Å². The number of amides is 1. The SMILES string of the molecule is O=C(Cc1nc2ccccc2n1C[C@@H](O)c1ccc(Cl)cc1)NCc1ccc(F)cc1. The molecule has 0 saturated carbocycles. The Morgan fingerprint density at radius 3 is 2.52 bits per heavy atom. The average molecular weight is 438 g/mol. The number of fused-ring (bicyclic) bond motifs is 1. The summed E-state index contributed by atoms with van der Waals surface area (Å²) in [7, 11) is 0. The maximum absolute atomic E-state index is 13.0. The Morgan fingerprint density at radius 1 is 1.06 bits per heavy atom. The van der Waals surface area contributed by atoms with Gasteiger partial charge in [0, 0.05) is 11.6 Å². The summed E-state index contributed by atoms with van der Waals surface area (Å²) in [5.41, 5.74) is 3.14. The number of nitrogens with one attached hydrogen (secondary N) is 1. The predicted octanol–water partition coefficient (Wildman–Crippen LogP) is 4.42. The smallest absolute Gasteiger partial charge is 0.227 e. The summed E-state index contributed by atoms with van der Waals surface area (Å²) in [5.74, 6) is 0.0377. The molecule has 0 unspecified atom stereocenters. The van der Waals surface area contributed by atoms with E-state index in [1.165, 1.54) is 12.1 Å². The molecule has 0 radical (unpaired) electrons. The third-order valence-corrected chi connectivity index (χ3v) is 5.32. The molecule has 0 spiro atoms. The van der Waals surface area contributed by atoms with Gasteiger partial charge in [-0.05, 0) is 47.5 Å². The second kappa shape index (κ2) is 9.29. The van der Waals surface area contributed by atoms with Gasteiger partial charge in [0.1, 0.15) is 11.6 Å². The first-order valence-electron chi connectivity index (χ1n) is 9.88. The minimum Gasteiger partial charge on any atom is -0.387 e. The van der Waals surface area contributed by atoms with Crippen molar-refractivity contribution in [3.8, 4) is 0 Å². The van der Waals surface area contributed by atoms with Crippen molar-refractivity contribution in [2.45, 2.75) is 25.6 Å². The molecule has 1 aromatic heterocycles. The van der Waals surface area contributed by atoms with Crippen LogP contribution in [0.3, 0.4) is 0 Å². The molecule has 1 heterocycles. The standard InChI is InChI=1S/C24H21ClFN3O2/c25-18-9-7-17(8-10-18)22(30)15-29-21-4-2-1-3-20(21)28-23(29)13-24(31)27-14-16-5-11-19(26)12-6-16/h1-12,22,30H,13-15H2,(H,27,31)/t22-/m1/s1. The Labute approximate surface area is 184 Å². The zero-order valence-electron chi connectivity index (χ0n) is 16.6. The summed E-state index contributed by atoms with van der Waals surface area (Å²) >= 11 is 5.94. The highest BCUT2D eigenvalue weighted by Gasteiger charge is 2.17. The number of hydrogen-bond donors (Lipinski definition) is 2. The van der Waals surface area contributed by atoms with E-state index in [0.717, 1.165) is 22.2 Å². The van der Waals surface area contributed by atoms with Crippen LogP contribution >= 0.6 is 11.6 Å². The van der Waals surface area contributed by atoms with Crippen LogP contribution in [0, 0.1) is 5.82 Å². The Kier molecular flexibility index (Phi) is 6.30. The predicted molar refractivity (Wildman–Crippen MR) is 118 cm³/mol. The van der Waals surface area contributed by atoms with Crippen molar-refractivity contribution < 1.29 is 14.3 Å². The van der Waals surface area contributed by atoms with E-state index in [1.54, 1.807) is 36.4 Å². The number of para-hydroxylation sites is 2. The minimum atomic E-state index is -0.782. The van der Waals surface area contributed by atoms with Crippen LogP contribution < -0.4 is 5.32 Å². The number of aliphatic hydroxyl groups excluding tert-OH is 1. The maximum atomic E-state index is 13.0. The van der Waals surface area contributed by atoms with E-state index in [-0.39, 0.29) is 24.7 Å². The van der Waals surface area contributed by atoms with Crippen LogP contribution in [0.5, 0.6) is 0 Å². The van der Waals surface area contributed by atoms with Crippen molar-refractivity contribution in [3.05, 3.63) is 101 Å². The van der Waals surface area contributed by atoms with Crippen molar-refractivity contribution >= 4 is 28.5 Å². The first-order valence-corrected chi connectivity index (χ1v) is 10.3. The molecule has 0 aliphatic heterocycles. The molecule has 3 aromatic carbocycles. The van der Waals surface area contributed by atoms with Gasteiger partial charge in [0.25, 0.3) is 0 Å². The van der Waals surface area contributed by atoms with E-state index in [4.69, 9.17) is 11.6 Å². The Bertz CT molecular complexity index is 1190. The van der Waals surface area contributed by atoms with E-state index >= 15 is 0 Å². The molecule has 4 rings (SSSR count). The zero-order valence-corrected chi connectivity index (χ0v) is 17.4. The number of benzene rings is 3. The lowest BCUT2D eigenvalue weighted by Crippen LogP contribution is -2.26. The fourth-order valence-corrected chi connectivity index (χ4v) is 3.56. The number of aromatic nitrogens is 2. The summed E-state index contributed by atoms with van der Waals surface area (Å²) in [6.07, 6.45) is -0.723. The van der Waals surface area contributed by atoms with Crippen LogP contribution in [0.15, 0.2) is 72.8 Å². The number of aliphatic hydroxyl groups is 1. The quantitative estimate of drug-likeness (QED) is 0.449. The van der Waals surface area contributed by atoms with E-state index in [1.807, 2.05) is 28.8 Å². The lowest BCUT2D eigenvalue weighted by atomic mass is 10.1. The molecule has 31 heavy (non-hydrogen) atoms. The minimum absolute atomic E-state index is 0.0587. The summed E-state index contributed by atoms with van der Waals surface area (Å²) in [4.78, 5) is 17.2. The highest BCUT2D eigenvalue weighted by atomic mass is 35.5. The topological polar surface area (TPSA) is 67.2 Å². The molecule has 0 bridgehead atoms. The largest absolute Gasteiger partial charge is 0.387 e. The van der Waals surface area contributed by atoms with Crippen molar-refractivity contribution in [3.63, 3.8) is 0 Å². The second-order valence-corrected chi connectivity index (χ2v) is 7.71. The maximum Gasteiger partial charge on any atom is 0.227 e. The third-order valence-electron chi connectivity index (χ3n) is 5.07. The fraction of sp³-hybridized carbons (Fsp3) is 0.167. The van der Waals surface area contributed by atoms with Crippen LogP contribution in [-0.4, -0.2) is 20.6 Å². The van der Waals surface area contributed by atoms with Gasteiger partial charge in [0.05, 0.1) is 30.1 Å². The molecular weight excluding hydrogens is 417 g/mol. The summed E-state index contributed by atoms with van der Waals surface area (Å²) in [5, 5.41) is 14.2. The lowest BCUT2D eigenvalue weighted by molar-refractivity contribution is -0.120. The van der Waals surface area contributed by atoms with Gasteiger partial charge in [-0.1, -0.05) is 48.0 Å². The number of nitrogens with zero attached hydrogens (tertiary/aromatic N) is 2. The van der Waals surface area contributed by atoms with Gasteiger partial charge in [0.15, 0.2) is 0 Å². The van der Waals surface area contributed by atoms with Gasteiger partial charge in [0.2, 0.25) is 5.91 Å². The van der Waals surface area contributed by atoms with Gasteiger partial charge in [-0.15, -0.1) is 0 Å². The van der Waals surface area contributed by atoms with E-state index < -0.39 is 6.10 Å². The van der Waals surface area contributed by atoms with Crippen molar-refractivity contribution in [2.75, 3.05) is 0 Å². The molecule has 4 aromatic rings. The first-order chi connectivity index (χ1) is 15.0. The number of halogens is 2. The first kappa shape index (κ1) is 21.0. The molecule has 0 aliphatic carbocycles. The molecule has 1 amide bonds. The van der Waals surface area contributed by atoms with Crippen LogP contribution in [0.2, 0.25) is 5.02 Å². The van der Waals surface area contributed by atoms with Gasteiger partial charge in [-0.2, -0.15) is 0 Å². The number of hydrogen-bond acceptors (Lipinski definition) is 3. The highest BCUT2D eigenvalue weighted by molar-refractivity contribution is 6.30. The monoisotopic (exact) mass is 437 g/mol. The van der Waals surface area contributed by atoms with E-state index in [9.17, 15) is 14.3 Å². The van der Waals surface area contributed by atoms with Gasteiger partial charge in [-0.25, -0.2) is 9.37 Å². The third kappa shape index (κ3) is 5.10. The van der Waals surface area contributed by atoms with Crippen molar-refractivity contribution in [1.82, 2.24) is 14.9 Å². The number of imidazole rings is 1. The average Bonchev–Trinajstić information content (AvgIpc) is 3.10. The molecule has 1 atom stereocenters. The fourth-order valence-electron chi connectivity index (χ4n) is 3.44. The Balaban J connectivity index is 1.52. The Morgan fingerprint density at radius 2 is 1.77 bits per heavy atom. The molecule has 5 nitrogen and oxygen atoms in total. The van der Waals surface area contributed by atoms with Gasteiger partial charge in [-0.3, -0.25) is 4.79 Å². The van der Waals surface area contributed by atoms with Crippen LogP contribution in [0.25, 0.3) is 11.0 Å². The summed E-state index contributed by atoms with van der Waals surface area (Å²) in [6, 6.07) is 20.6. The van der Waals surface area contributed by atoms with Crippen LogP contribution in [0.4, 0.5) is 4.39 Å². The molecule has 2 N–H and O–H groups in total. The van der Waals surface area contributed by atoms with E-state index in [0.29, 0.717) is 17.4 Å². The van der Waals surface area contributed by atoms with Gasteiger partial charge < -0.3 is 15.0 Å². The Hall–Kier alpha value is -3.22. The molecule has 0 saturated heterocycles. The molecule has 0 fully saturated rings. The molecule has 158 valence electrons. The zero-order chi connectivity index (χ0) is 21.8. The normalized spacial score (nSPS) is 12.1. The second-order valence-electron chi connectivity index (χ2n) is 7.27. The molecular formula is C24H21ClFN3O2. The highest BCUT2D eigenvalue weighted by Crippen LogP contribution is 2.23. The number of carbonyl (C=O) groups is 1. The molecule has 0 aliphatic rings. The number of carbonyl (C=O) groups excluding carboxylic acids is 1. The number of rotatable bonds is 7.